The van der Waals surface area contributed by atoms with Crippen LogP contribution in [0.2, 0.25) is 0 Å². The Morgan fingerprint density at radius 2 is 1.87 bits per heavy atom. The largest absolute Gasteiger partial charge is 0.496 e. The second kappa shape index (κ2) is 9.75. The molecule has 0 radical (unpaired) electrons. The number of aliphatic hydroxyl groups is 1. The van der Waals surface area contributed by atoms with Crippen molar-refractivity contribution in [2.24, 2.45) is 0 Å². The van der Waals surface area contributed by atoms with Gasteiger partial charge in [0.2, 0.25) is 0 Å². The summed E-state index contributed by atoms with van der Waals surface area (Å²) in [5, 5.41) is 14.9. The fourth-order valence-electron chi connectivity index (χ4n) is 2.77. The molecular weight excluding hydrogens is 472 g/mol. The van der Waals surface area contributed by atoms with Gasteiger partial charge in [-0.25, -0.2) is 0 Å². The van der Waals surface area contributed by atoms with Crippen molar-refractivity contribution in [2.75, 3.05) is 19.5 Å². The van der Waals surface area contributed by atoms with Gasteiger partial charge in [-0.3, -0.25) is 10.1 Å². The van der Waals surface area contributed by atoms with E-state index in [0.717, 1.165) is 10.0 Å². The Hall–Kier alpha value is -2.88. The molecule has 3 N–H and O–H groups in total. The van der Waals surface area contributed by atoms with E-state index in [9.17, 15) is 9.90 Å². The maximum Gasteiger partial charge on any atom is 0.261 e. The first kappa shape index (κ1) is 21.8. The van der Waals surface area contributed by atoms with Crippen LogP contribution in [-0.2, 0) is 6.61 Å². The Bertz CT molecular complexity index is 1080. The lowest BCUT2D eigenvalue weighted by Gasteiger charge is -2.13. The molecular formula is C21H19BrN2O5S. The van der Waals surface area contributed by atoms with Gasteiger partial charge in [0.25, 0.3) is 5.91 Å². The van der Waals surface area contributed by atoms with Crippen LogP contribution in [-0.4, -0.2) is 30.3 Å². The fraction of sp³-hybridized carbons (Fsp3) is 0.143. The number of carbonyl (C=O) groups is 1. The summed E-state index contributed by atoms with van der Waals surface area (Å²) in [6.07, 6.45) is 0. The van der Waals surface area contributed by atoms with E-state index < -0.39 is 5.91 Å². The maximum atomic E-state index is 12.6. The number of rotatable bonds is 6. The first-order chi connectivity index (χ1) is 14.4. The SMILES string of the molecule is COc1ccc(Br)cc1C(=O)NC(=S)Nc1ccc(-c2ccc(CO)o2)c(OC)c1. The van der Waals surface area contributed by atoms with E-state index in [0.29, 0.717) is 34.3 Å². The predicted octanol–water partition coefficient (Wildman–Crippen LogP) is 4.35. The quantitative estimate of drug-likeness (QED) is 0.442. The van der Waals surface area contributed by atoms with Crippen molar-refractivity contribution in [3.05, 3.63) is 64.3 Å². The third-order valence-electron chi connectivity index (χ3n) is 4.18. The van der Waals surface area contributed by atoms with Gasteiger partial charge in [-0.1, -0.05) is 15.9 Å². The highest BCUT2D eigenvalue weighted by Crippen LogP contribution is 2.33. The van der Waals surface area contributed by atoms with Crippen LogP contribution in [0.15, 0.2) is 57.4 Å². The van der Waals surface area contributed by atoms with Crippen molar-refractivity contribution in [1.82, 2.24) is 5.32 Å². The van der Waals surface area contributed by atoms with Gasteiger partial charge in [0.05, 0.1) is 25.3 Å². The number of hydrogen-bond donors (Lipinski definition) is 3. The Morgan fingerprint density at radius 1 is 1.10 bits per heavy atom. The monoisotopic (exact) mass is 490 g/mol. The summed E-state index contributed by atoms with van der Waals surface area (Å²) in [6.45, 7) is -0.182. The lowest BCUT2D eigenvalue weighted by Crippen LogP contribution is -2.34. The number of ether oxygens (including phenoxy) is 2. The number of halogens is 1. The van der Waals surface area contributed by atoms with Crippen molar-refractivity contribution in [2.45, 2.75) is 6.61 Å². The zero-order chi connectivity index (χ0) is 21.7. The zero-order valence-corrected chi connectivity index (χ0v) is 18.6. The predicted molar refractivity (Wildman–Crippen MR) is 121 cm³/mol. The van der Waals surface area contributed by atoms with E-state index in [4.69, 9.17) is 26.1 Å². The van der Waals surface area contributed by atoms with E-state index >= 15 is 0 Å². The average molecular weight is 491 g/mol. The minimum atomic E-state index is -0.402. The highest BCUT2D eigenvalue weighted by atomic mass is 79.9. The minimum Gasteiger partial charge on any atom is -0.496 e. The molecule has 0 saturated heterocycles. The smallest absolute Gasteiger partial charge is 0.261 e. The number of hydrogen-bond acceptors (Lipinski definition) is 6. The first-order valence-electron chi connectivity index (χ1n) is 8.79. The molecule has 0 unspecified atom stereocenters. The number of amides is 1. The van der Waals surface area contributed by atoms with Crippen molar-refractivity contribution in [1.29, 1.82) is 0 Å². The number of aliphatic hydroxyl groups excluding tert-OH is 1. The van der Waals surface area contributed by atoms with Crippen LogP contribution in [0.3, 0.4) is 0 Å². The first-order valence-corrected chi connectivity index (χ1v) is 9.99. The fourth-order valence-corrected chi connectivity index (χ4v) is 3.34. The summed E-state index contributed by atoms with van der Waals surface area (Å²) < 4.78 is 17.0. The van der Waals surface area contributed by atoms with E-state index in [2.05, 4.69) is 26.6 Å². The van der Waals surface area contributed by atoms with Crippen molar-refractivity contribution >= 4 is 44.9 Å². The van der Waals surface area contributed by atoms with Crippen molar-refractivity contribution in [3.8, 4) is 22.8 Å². The van der Waals surface area contributed by atoms with Gasteiger partial charge in [0.1, 0.15) is 29.6 Å². The highest BCUT2D eigenvalue weighted by Gasteiger charge is 2.15. The molecule has 7 nitrogen and oxygen atoms in total. The van der Waals surface area contributed by atoms with Crippen LogP contribution in [0.5, 0.6) is 11.5 Å². The Morgan fingerprint density at radius 3 is 2.53 bits per heavy atom. The summed E-state index contributed by atoms with van der Waals surface area (Å²) in [4.78, 5) is 12.6. The van der Waals surface area contributed by atoms with Crippen LogP contribution < -0.4 is 20.1 Å². The number of methoxy groups -OCH3 is 2. The molecule has 1 amide bonds. The molecule has 3 rings (SSSR count). The second-order valence-electron chi connectivity index (χ2n) is 6.09. The summed E-state index contributed by atoms with van der Waals surface area (Å²) >= 11 is 8.61. The minimum absolute atomic E-state index is 0.123. The molecule has 0 atom stereocenters. The van der Waals surface area contributed by atoms with Crippen LogP contribution >= 0.6 is 28.1 Å². The number of nitrogens with one attached hydrogen (secondary N) is 2. The Labute approximate surface area is 187 Å². The second-order valence-corrected chi connectivity index (χ2v) is 7.42. The standard InChI is InChI=1S/C21H19BrN2O5S/c1-27-17-7-3-12(22)9-16(17)20(26)24-21(30)23-13-4-6-15(19(10-13)28-2)18-8-5-14(11-25)29-18/h3-10,25H,11H2,1-2H3,(H2,23,24,26,30). The normalized spacial score (nSPS) is 10.4. The van der Waals surface area contributed by atoms with Gasteiger partial charge in [-0.05, 0) is 54.7 Å². The number of furan rings is 1. The summed E-state index contributed by atoms with van der Waals surface area (Å²) in [5.41, 5.74) is 1.69. The molecule has 3 aromatic rings. The lowest BCUT2D eigenvalue weighted by atomic mass is 10.1. The van der Waals surface area contributed by atoms with Gasteiger partial charge in [0, 0.05) is 16.2 Å². The summed E-state index contributed by atoms with van der Waals surface area (Å²) in [6, 6.07) is 13.9. The molecule has 0 saturated carbocycles. The van der Waals surface area contributed by atoms with Crippen LogP contribution in [0, 0.1) is 0 Å². The van der Waals surface area contributed by atoms with Crippen molar-refractivity contribution < 1.29 is 23.8 Å². The van der Waals surface area contributed by atoms with E-state index in [1.54, 1.807) is 48.5 Å². The molecule has 1 aromatic heterocycles. The molecule has 0 fully saturated rings. The molecule has 0 aliphatic carbocycles. The van der Waals surface area contributed by atoms with Gasteiger partial charge in [-0.15, -0.1) is 0 Å². The van der Waals surface area contributed by atoms with Gasteiger partial charge >= 0.3 is 0 Å². The van der Waals surface area contributed by atoms with Crippen LogP contribution in [0.4, 0.5) is 5.69 Å². The van der Waals surface area contributed by atoms with Crippen LogP contribution in [0.1, 0.15) is 16.1 Å². The number of thiocarbonyl (C=S) groups is 1. The average Bonchev–Trinajstić information content (AvgIpc) is 3.22. The third kappa shape index (κ3) is 4.99. The number of carbonyl (C=O) groups excluding carboxylic acids is 1. The van der Waals surface area contributed by atoms with Crippen LogP contribution in [0.25, 0.3) is 11.3 Å². The lowest BCUT2D eigenvalue weighted by molar-refractivity contribution is 0.0974. The molecule has 2 aromatic carbocycles. The van der Waals surface area contributed by atoms with Gasteiger partial charge < -0.3 is 24.3 Å². The molecule has 0 aliphatic heterocycles. The molecule has 9 heteroatoms. The molecule has 156 valence electrons. The topological polar surface area (TPSA) is 93.0 Å². The number of anilines is 1. The molecule has 1 heterocycles. The van der Waals surface area contributed by atoms with Gasteiger partial charge in [0.15, 0.2) is 5.11 Å². The van der Waals surface area contributed by atoms with E-state index in [-0.39, 0.29) is 11.7 Å². The van der Waals surface area contributed by atoms with Crippen molar-refractivity contribution in [3.63, 3.8) is 0 Å². The van der Waals surface area contributed by atoms with Gasteiger partial charge in [-0.2, -0.15) is 0 Å². The molecule has 0 spiro atoms. The Balaban J connectivity index is 1.74. The molecule has 0 aliphatic rings. The maximum absolute atomic E-state index is 12.6. The van der Waals surface area contributed by atoms with E-state index in [1.165, 1.54) is 14.2 Å². The summed E-state index contributed by atoms with van der Waals surface area (Å²) in [5.74, 6) is 1.61. The Kier molecular flexibility index (Phi) is 7.09. The molecule has 0 bridgehead atoms. The number of benzene rings is 2. The van der Waals surface area contributed by atoms with E-state index in [1.807, 2.05) is 0 Å². The highest BCUT2D eigenvalue weighted by molar-refractivity contribution is 9.10. The molecule has 30 heavy (non-hydrogen) atoms. The zero-order valence-electron chi connectivity index (χ0n) is 16.2. The summed E-state index contributed by atoms with van der Waals surface area (Å²) in [7, 11) is 3.03. The third-order valence-corrected chi connectivity index (χ3v) is 4.87.